The minimum absolute atomic E-state index is 0.556. The van der Waals surface area contributed by atoms with Crippen LogP contribution in [0.15, 0.2) is 42.5 Å². The molecule has 0 saturated heterocycles. The van der Waals surface area contributed by atoms with E-state index in [0.717, 1.165) is 23.5 Å². The van der Waals surface area contributed by atoms with Crippen molar-refractivity contribution < 1.29 is 9.47 Å². The third-order valence-corrected chi connectivity index (χ3v) is 3.11. The zero-order valence-electron chi connectivity index (χ0n) is 11.4. The van der Waals surface area contributed by atoms with Crippen molar-refractivity contribution in [1.29, 1.82) is 0 Å². The molecule has 3 nitrogen and oxygen atoms in total. The molecule has 2 aromatic carbocycles. The molecule has 0 amide bonds. The van der Waals surface area contributed by atoms with Gasteiger partial charge in [-0.1, -0.05) is 23.7 Å². The Labute approximate surface area is 124 Å². The van der Waals surface area contributed by atoms with E-state index in [1.807, 2.05) is 49.4 Å². The lowest BCUT2D eigenvalue weighted by molar-refractivity contribution is 0.339. The van der Waals surface area contributed by atoms with Crippen LogP contribution in [0.5, 0.6) is 17.2 Å². The number of halogens is 1. The fourth-order valence-electron chi connectivity index (χ4n) is 1.91. The maximum absolute atomic E-state index is 6.21. The summed E-state index contributed by atoms with van der Waals surface area (Å²) in [7, 11) is 0. The lowest BCUT2D eigenvalue weighted by Gasteiger charge is -2.13. The van der Waals surface area contributed by atoms with E-state index in [2.05, 4.69) is 0 Å². The predicted octanol–water partition coefficient (Wildman–Crippen LogP) is 4.03. The fourth-order valence-corrected chi connectivity index (χ4v) is 2.14. The number of benzene rings is 2. The van der Waals surface area contributed by atoms with Gasteiger partial charge in [-0.05, 0) is 55.8 Å². The Morgan fingerprint density at radius 1 is 1.05 bits per heavy atom. The van der Waals surface area contributed by atoms with Gasteiger partial charge in [-0.3, -0.25) is 0 Å². The van der Waals surface area contributed by atoms with E-state index in [4.69, 9.17) is 26.8 Å². The van der Waals surface area contributed by atoms with Crippen LogP contribution < -0.4 is 15.2 Å². The second kappa shape index (κ2) is 7.17. The van der Waals surface area contributed by atoms with Crippen LogP contribution in [0.2, 0.25) is 5.02 Å². The normalized spacial score (nSPS) is 10.3. The third-order valence-electron chi connectivity index (χ3n) is 2.82. The predicted molar refractivity (Wildman–Crippen MR) is 81.9 cm³/mol. The van der Waals surface area contributed by atoms with Crippen molar-refractivity contribution in [2.45, 2.75) is 13.3 Å². The Kier molecular flexibility index (Phi) is 5.27. The van der Waals surface area contributed by atoms with Crippen molar-refractivity contribution in [3.05, 3.63) is 53.1 Å². The summed E-state index contributed by atoms with van der Waals surface area (Å²) in [5.74, 6) is 2.21. The van der Waals surface area contributed by atoms with Gasteiger partial charge in [0.05, 0.1) is 11.6 Å². The maximum Gasteiger partial charge on any atom is 0.149 e. The lowest BCUT2D eigenvalue weighted by Crippen LogP contribution is -2.04. The molecular weight excluding hydrogens is 274 g/mol. The Balaban J connectivity index is 2.20. The second-order valence-corrected chi connectivity index (χ2v) is 4.68. The first kappa shape index (κ1) is 14.7. The highest BCUT2D eigenvalue weighted by molar-refractivity contribution is 6.32. The maximum atomic E-state index is 6.21. The summed E-state index contributed by atoms with van der Waals surface area (Å²) in [5.41, 5.74) is 6.62. The van der Waals surface area contributed by atoms with Gasteiger partial charge < -0.3 is 15.2 Å². The smallest absolute Gasteiger partial charge is 0.149 e. The van der Waals surface area contributed by atoms with Gasteiger partial charge in [0.15, 0.2) is 0 Å². The van der Waals surface area contributed by atoms with E-state index in [9.17, 15) is 0 Å². The summed E-state index contributed by atoms with van der Waals surface area (Å²) in [4.78, 5) is 0. The molecular formula is C16H18ClNO2. The van der Waals surface area contributed by atoms with Gasteiger partial charge >= 0.3 is 0 Å². The standard InChI is InChI=1S/C16H18ClNO2/c1-2-19-13-6-8-14(9-7-13)20-16-12(10-11-18)4-3-5-15(16)17/h3-9H,2,10-11,18H2,1H3. The molecule has 0 bridgehead atoms. The topological polar surface area (TPSA) is 44.5 Å². The molecule has 0 aliphatic heterocycles. The van der Waals surface area contributed by atoms with Crippen LogP contribution in [0.25, 0.3) is 0 Å². The fraction of sp³-hybridized carbons (Fsp3) is 0.250. The van der Waals surface area contributed by atoms with Crippen molar-refractivity contribution in [2.75, 3.05) is 13.2 Å². The summed E-state index contributed by atoms with van der Waals surface area (Å²) in [6, 6.07) is 13.2. The zero-order valence-corrected chi connectivity index (χ0v) is 12.2. The molecule has 2 N–H and O–H groups in total. The van der Waals surface area contributed by atoms with Crippen LogP contribution in [-0.2, 0) is 6.42 Å². The molecule has 0 aliphatic carbocycles. The van der Waals surface area contributed by atoms with Crippen molar-refractivity contribution in [3.63, 3.8) is 0 Å². The largest absolute Gasteiger partial charge is 0.494 e. The van der Waals surface area contributed by atoms with E-state index >= 15 is 0 Å². The number of para-hydroxylation sites is 1. The van der Waals surface area contributed by atoms with Gasteiger partial charge in [0.2, 0.25) is 0 Å². The number of rotatable bonds is 6. The quantitative estimate of drug-likeness (QED) is 0.874. The summed E-state index contributed by atoms with van der Waals surface area (Å²) in [5, 5.41) is 0.588. The van der Waals surface area contributed by atoms with Crippen LogP contribution in [-0.4, -0.2) is 13.2 Å². The summed E-state index contributed by atoms with van der Waals surface area (Å²) < 4.78 is 11.3. The molecule has 0 aromatic heterocycles. The second-order valence-electron chi connectivity index (χ2n) is 4.27. The molecule has 0 unspecified atom stereocenters. The van der Waals surface area contributed by atoms with E-state index < -0.39 is 0 Å². The van der Waals surface area contributed by atoms with Crippen LogP contribution in [0.4, 0.5) is 0 Å². The molecule has 0 heterocycles. The Bertz CT molecular complexity index is 555. The SMILES string of the molecule is CCOc1ccc(Oc2c(Cl)cccc2CCN)cc1. The van der Waals surface area contributed by atoms with Crippen molar-refractivity contribution in [3.8, 4) is 17.2 Å². The Morgan fingerprint density at radius 3 is 2.40 bits per heavy atom. The van der Waals surface area contributed by atoms with E-state index in [1.54, 1.807) is 0 Å². The third kappa shape index (κ3) is 3.65. The van der Waals surface area contributed by atoms with E-state index in [1.165, 1.54) is 0 Å². The minimum atomic E-state index is 0.556. The number of ether oxygens (including phenoxy) is 2. The molecule has 0 radical (unpaired) electrons. The summed E-state index contributed by atoms with van der Waals surface area (Å²) in [6.45, 7) is 3.15. The van der Waals surface area contributed by atoms with Crippen LogP contribution in [0.1, 0.15) is 12.5 Å². The molecule has 0 spiro atoms. The van der Waals surface area contributed by atoms with Gasteiger partial charge in [-0.2, -0.15) is 0 Å². The molecule has 0 saturated carbocycles. The van der Waals surface area contributed by atoms with E-state index in [-0.39, 0.29) is 0 Å². The molecule has 0 atom stereocenters. The molecule has 2 rings (SSSR count). The molecule has 0 fully saturated rings. The average molecular weight is 292 g/mol. The molecule has 106 valence electrons. The highest BCUT2D eigenvalue weighted by Gasteiger charge is 2.09. The number of hydrogen-bond acceptors (Lipinski definition) is 3. The highest BCUT2D eigenvalue weighted by Crippen LogP contribution is 2.33. The minimum Gasteiger partial charge on any atom is -0.494 e. The lowest BCUT2D eigenvalue weighted by atomic mass is 10.1. The van der Waals surface area contributed by atoms with Crippen molar-refractivity contribution in [1.82, 2.24) is 0 Å². The van der Waals surface area contributed by atoms with Crippen LogP contribution >= 0.6 is 11.6 Å². The van der Waals surface area contributed by atoms with Gasteiger partial charge in [-0.25, -0.2) is 0 Å². The van der Waals surface area contributed by atoms with Crippen molar-refractivity contribution >= 4 is 11.6 Å². The summed E-state index contributed by atoms with van der Waals surface area (Å²) in [6.07, 6.45) is 0.729. The zero-order chi connectivity index (χ0) is 14.4. The van der Waals surface area contributed by atoms with Crippen molar-refractivity contribution in [2.24, 2.45) is 5.73 Å². The Hall–Kier alpha value is -1.71. The summed E-state index contributed by atoms with van der Waals surface area (Å²) >= 11 is 6.21. The average Bonchev–Trinajstić information content (AvgIpc) is 2.45. The van der Waals surface area contributed by atoms with Crippen LogP contribution in [0.3, 0.4) is 0 Å². The first-order valence-corrected chi connectivity index (χ1v) is 7.00. The number of nitrogens with two attached hydrogens (primary N) is 1. The first-order chi connectivity index (χ1) is 9.74. The van der Waals surface area contributed by atoms with Gasteiger partial charge in [-0.15, -0.1) is 0 Å². The molecule has 20 heavy (non-hydrogen) atoms. The van der Waals surface area contributed by atoms with Crippen LogP contribution in [0, 0.1) is 0 Å². The molecule has 4 heteroatoms. The van der Waals surface area contributed by atoms with Gasteiger partial charge in [0.1, 0.15) is 17.2 Å². The van der Waals surface area contributed by atoms with E-state index in [0.29, 0.717) is 23.9 Å². The van der Waals surface area contributed by atoms with Gasteiger partial charge in [0, 0.05) is 0 Å². The van der Waals surface area contributed by atoms with Gasteiger partial charge in [0.25, 0.3) is 0 Å². The highest BCUT2D eigenvalue weighted by atomic mass is 35.5. The molecule has 0 aliphatic rings. The Morgan fingerprint density at radius 2 is 1.75 bits per heavy atom. The monoisotopic (exact) mass is 291 g/mol. The number of hydrogen-bond donors (Lipinski definition) is 1. The first-order valence-electron chi connectivity index (χ1n) is 6.62. The molecule has 2 aromatic rings.